The zero-order valence-corrected chi connectivity index (χ0v) is 15.4. The van der Waals surface area contributed by atoms with Gasteiger partial charge in [-0.05, 0) is 30.9 Å². The lowest BCUT2D eigenvalue weighted by Crippen LogP contribution is -2.30. The van der Waals surface area contributed by atoms with Gasteiger partial charge in [0.05, 0.1) is 12.2 Å². The number of para-hydroxylation sites is 1. The van der Waals surface area contributed by atoms with E-state index in [2.05, 4.69) is 19.1 Å². The summed E-state index contributed by atoms with van der Waals surface area (Å²) in [6, 6.07) is 17.9. The zero-order valence-electron chi connectivity index (χ0n) is 14.5. The van der Waals surface area contributed by atoms with Crippen LogP contribution in [0.3, 0.4) is 0 Å². The van der Waals surface area contributed by atoms with Crippen molar-refractivity contribution in [3.05, 3.63) is 65.7 Å². The normalized spacial score (nSPS) is 24.7. The van der Waals surface area contributed by atoms with E-state index in [1.807, 2.05) is 42.5 Å². The second kappa shape index (κ2) is 8.75. The lowest BCUT2D eigenvalue weighted by atomic mass is 10.0. The molecule has 2 aromatic carbocycles. The predicted octanol–water partition coefficient (Wildman–Crippen LogP) is 4.33. The fourth-order valence-electron chi connectivity index (χ4n) is 3.26. The van der Waals surface area contributed by atoms with Crippen LogP contribution in [0.2, 0.25) is 0 Å². The van der Waals surface area contributed by atoms with Gasteiger partial charge in [-0.15, -0.1) is 11.8 Å². The molecule has 1 fully saturated rings. The van der Waals surface area contributed by atoms with Gasteiger partial charge in [-0.25, -0.2) is 0 Å². The van der Waals surface area contributed by atoms with Crippen LogP contribution in [0.4, 0.5) is 0 Å². The zero-order chi connectivity index (χ0) is 17.6. The summed E-state index contributed by atoms with van der Waals surface area (Å²) < 4.78 is 6.14. The number of aryl methyl sites for hydroxylation is 1. The van der Waals surface area contributed by atoms with E-state index in [1.54, 1.807) is 11.8 Å². The molecule has 3 nitrogen and oxygen atoms in total. The largest absolute Gasteiger partial charge is 0.479 e. The second-order valence-corrected chi connectivity index (χ2v) is 8.30. The molecule has 0 aliphatic carbocycles. The monoisotopic (exact) mass is 358 g/mol. The van der Waals surface area contributed by atoms with Gasteiger partial charge in [0.25, 0.3) is 0 Å². The molecule has 0 aromatic heterocycles. The van der Waals surface area contributed by atoms with Gasteiger partial charge in [-0.3, -0.25) is 0 Å². The van der Waals surface area contributed by atoms with Gasteiger partial charge in [0.2, 0.25) is 0 Å². The van der Waals surface area contributed by atoms with E-state index in [-0.39, 0.29) is 11.5 Å². The van der Waals surface area contributed by atoms with Gasteiger partial charge in [0.15, 0.2) is 0 Å². The van der Waals surface area contributed by atoms with Crippen LogP contribution in [-0.4, -0.2) is 27.0 Å². The quantitative estimate of drug-likeness (QED) is 0.807. The molecular weight excluding hydrogens is 332 g/mol. The number of hydrogen-bond donors (Lipinski definition) is 2. The summed E-state index contributed by atoms with van der Waals surface area (Å²) in [4.78, 5) is 0. The maximum absolute atomic E-state index is 10.7. The Kier molecular flexibility index (Phi) is 6.40. The summed E-state index contributed by atoms with van der Waals surface area (Å²) in [5.41, 5.74) is 1.98. The van der Waals surface area contributed by atoms with Gasteiger partial charge < -0.3 is 14.9 Å². The Morgan fingerprint density at radius 1 is 1.08 bits per heavy atom. The molecule has 0 bridgehead atoms. The molecule has 4 heteroatoms. The van der Waals surface area contributed by atoms with E-state index in [1.165, 1.54) is 5.56 Å². The smallest absolute Gasteiger partial charge is 0.147 e. The van der Waals surface area contributed by atoms with Crippen molar-refractivity contribution in [2.75, 3.05) is 0 Å². The molecule has 1 heterocycles. The number of aliphatic hydroxyl groups is 2. The first-order valence-corrected chi connectivity index (χ1v) is 9.87. The molecule has 1 saturated heterocycles. The molecular formula is C21H26O3S. The third-order valence-electron chi connectivity index (χ3n) is 4.54. The van der Waals surface area contributed by atoms with Gasteiger partial charge in [-0.2, -0.15) is 0 Å². The molecule has 3 rings (SSSR count). The molecule has 25 heavy (non-hydrogen) atoms. The molecule has 0 spiro atoms. The minimum absolute atomic E-state index is 0.0683. The Labute approximate surface area is 154 Å². The second-order valence-electron chi connectivity index (χ2n) is 6.70. The van der Waals surface area contributed by atoms with Crippen LogP contribution >= 0.6 is 11.8 Å². The molecule has 134 valence electrons. The maximum Gasteiger partial charge on any atom is 0.147 e. The van der Waals surface area contributed by atoms with Crippen LogP contribution < -0.4 is 4.74 Å². The lowest BCUT2D eigenvalue weighted by Gasteiger charge is -2.31. The topological polar surface area (TPSA) is 49.7 Å². The van der Waals surface area contributed by atoms with Crippen molar-refractivity contribution in [1.29, 1.82) is 0 Å². The predicted molar refractivity (Wildman–Crippen MR) is 103 cm³/mol. The van der Waals surface area contributed by atoms with E-state index in [9.17, 15) is 10.2 Å². The van der Waals surface area contributed by atoms with Crippen LogP contribution in [0.25, 0.3) is 0 Å². The fraction of sp³-hybridized carbons (Fsp3) is 0.429. The highest BCUT2D eigenvalue weighted by atomic mass is 32.2. The van der Waals surface area contributed by atoms with Crippen molar-refractivity contribution in [2.24, 2.45) is 0 Å². The summed E-state index contributed by atoms with van der Waals surface area (Å²) >= 11 is 1.75. The first kappa shape index (κ1) is 18.3. The van der Waals surface area contributed by atoms with E-state index in [0.29, 0.717) is 18.1 Å². The highest BCUT2D eigenvalue weighted by Gasteiger charge is 2.28. The van der Waals surface area contributed by atoms with Crippen LogP contribution in [0.1, 0.15) is 43.4 Å². The standard InChI is InChI=1S/C21H26O3S/c1-15-13-17(22)14-21(25-15)24-20-10-6-5-9-18(20)19(23)12-11-16-7-3-2-4-8-16/h2-10,15,17,19,21-23H,11-14H2,1H3. The summed E-state index contributed by atoms with van der Waals surface area (Å²) in [6.45, 7) is 2.12. The maximum atomic E-state index is 10.7. The number of thioether (sulfide) groups is 1. The summed E-state index contributed by atoms with van der Waals surface area (Å²) in [5, 5.41) is 21.0. The van der Waals surface area contributed by atoms with Gasteiger partial charge in [0, 0.05) is 17.2 Å². The molecule has 1 aliphatic rings. The summed E-state index contributed by atoms with van der Waals surface area (Å²) in [5.74, 6) is 0.724. The van der Waals surface area contributed by atoms with Crippen molar-refractivity contribution in [3.8, 4) is 5.75 Å². The van der Waals surface area contributed by atoms with Crippen LogP contribution in [0, 0.1) is 0 Å². The average Bonchev–Trinajstić information content (AvgIpc) is 2.60. The number of hydrogen-bond acceptors (Lipinski definition) is 4. The van der Waals surface area contributed by atoms with E-state index in [0.717, 1.165) is 24.2 Å². The molecule has 0 amide bonds. The highest BCUT2D eigenvalue weighted by molar-refractivity contribution is 8.00. The number of rotatable bonds is 6. The van der Waals surface area contributed by atoms with Crippen LogP contribution in [0.15, 0.2) is 54.6 Å². The Morgan fingerprint density at radius 3 is 2.56 bits per heavy atom. The third-order valence-corrected chi connectivity index (χ3v) is 5.79. The Bertz CT molecular complexity index is 651. The number of benzene rings is 2. The van der Waals surface area contributed by atoms with Crippen molar-refractivity contribution < 1.29 is 14.9 Å². The molecule has 0 radical (unpaired) electrons. The summed E-state index contributed by atoms with van der Waals surface area (Å²) in [7, 11) is 0. The highest BCUT2D eigenvalue weighted by Crippen LogP contribution is 2.36. The van der Waals surface area contributed by atoms with E-state index < -0.39 is 6.10 Å². The first-order chi connectivity index (χ1) is 12.1. The Hall–Kier alpha value is -1.49. The van der Waals surface area contributed by atoms with E-state index >= 15 is 0 Å². The van der Waals surface area contributed by atoms with Crippen molar-refractivity contribution in [2.45, 2.75) is 55.5 Å². The lowest BCUT2D eigenvalue weighted by molar-refractivity contribution is 0.110. The fourth-order valence-corrected chi connectivity index (χ4v) is 4.60. The SMILES string of the molecule is CC1CC(O)CC(Oc2ccccc2C(O)CCc2ccccc2)S1. The number of ether oxygens (including phenoxy) is 1. The minimum atomic E-state index is -0.563. The first-order valence-electron chi connectivity index (χ1n) is 8.93. The van der Waals surface area contributed by atoms with Crippen molar-refractivity contribution in [3.63, 3.8) is 0 Å². The van der Waals surface area contributed by atoms with Gasteiger partial charge >= 0.3 is 0 Å². The molecule has 2 aromatic rings. The Morgan fingerprint density at radius 2 is 1.80 bits per heavy atom. The minimum Gasteiger partial charge on any atom is -0.479 e. The summed E-state index contributed by atoms with van der Waals surface area (Å²) in [6.07, 6.45) is 2.05. The number of aliphatic hydroxyl groups excluding tert-OH is 2. The van der Waals surface area contributed by atoms with Crippen molar-refractivity contribution >= 4 is 11.8 Å². The average molecular weight is 359 g/mol. The Balaban J connectivity index is 1.65. The van der Waals surface area contributed by atoms with Crippen LogP contribution in [0.5, 0.6) is 5.75 Å². The van der Waals surface area contributed by atoms with Crippen LogP contribution in [-0.2, 0) is 6.42 Å². The molecule has 0 saturated carbocycles. The van der Waals surface area contributed by atoms with E-state index in [4.69, 9.17) is 4.74 Å². The molecule has 2 N–H and O–H groups in total. The third kappa shape index (κ3) is 5.24. The molecule has 1 aliphatic heterocycles. The molecule has 4 unspecified atom stereocenters. The van der Waals surface area contributed by atoms with Gasteiger partial charge in [0.1, 0.15) is 11.2 Å². The molecule has 4 atom stereocenters. The van der Waals surface area contributed by atoms with Crippen molar-refractivity contribution in [1.82, 2.24) is 0 Å². The van der Waals surface area contributed by atoms with Gasteiger partial charge in [-0.1, -0.05) is 55.5 Å².